The summed E-state index contributed by atoms with van der Waals surface area (Å²) in [4.78, 5) is 4.37. The summed E-state index contributed by atoms with van der Waals surface area (Å²) in [5.74, 6) is 5.16. The van der Waals surface area contributed by atoms with Crippen molar-refractivity contribution in [2.24, 2.45) is 5.84 Å². The highest BCUT2D eigenvalue weighted by Gasteiger charge is 1.98. The fourth-order valence-corrected chi connectivity index (χ4v) is 1.67. The molecule has 0 unspecified atom stereocenters. The summed E-state index contributed by atoms with van der Waals surface area (Å²) in [6.45, 7) is 2.83. The lowest BCUT2D eigenvalue weighted by Gasteiger charge is -1.91. The van der Waals surface area contributed by atoms with E-state index in [9.17, 15) is 0 Å². The first-order valence-electron chi connectivity index (χ1n) is 3.73. The molecule has 0 aliphatic rings. The highest BCUT2D eigenvalue weighted by atomic mass is 32.1. The maximum Gasteiger partial charge on any atom is 0.108 e. The molecule has 0 saturated heterocycles. The van der Waals surface area contributed by atoms with Gasteiger partial charge in [0.25, 0.3) is 0 Å². The second-order valence-electron chi connectivity index (χ2n) is 2.36. The Hall–Kier alpha value is -0.450. The average Bonchev–Trinajstić information content (AvgIpc) is 2.38. The standard InChI is InChI=1S/C7H13N3S/c1-2-3-6-5-11-7(10-6)4-9-8/h5,9H,2-4,8H2,1H3. The van der Waals surface area contributed by atoms with Crippen molar-refractivity contribution in [2.45, 2.75) is 26.3 Å². The summed E-state index contributed by atoms with van der Waals surface area (Å²) in [7, 11) is 0. The van der Waals surface area contributed by atoms with Gasteiger partial charge in [-0.2, -0.15) is 0 Å². The van der Waals surface area contributed by atoms with Crippen LogP contribution in [0.2, 0.25) is 0 Å². The van der Waals surface area contributed by atoms with Crippen LogP contribution >= 0.6 is 11.3 Å². The van der Waals surface area contributed by atoms with Crippen molar-refractivity contribution in [3.05, 3.63) is 16.1 Å². The number of rotatable bonds is 4. The van der Waals surface area contributed by atoms with E-state index in [1.165, 1.54) is 5.69 Å². The van der Waals surface area contributed by atoms with Gasteiger partial charge in [-0.1, -0.05) is 13.3 Å². The van der Waals surface area contributed by atoms with Gasteiger partial charge in [-0.15, -0.1) is 11.3 Å². The minimum absolute atomic E-state index is 0.675. The van der Waals surface area contributed by atoms with Crippen molar-refractivity contribution in [3.63, 3.8) is 0 Å². The van der Waals surface area contributed by atoms with Crippen LogP contribution in [0.15, 0.2) is 5.38 Å². The molecule has 0 saturated carbocycles. The monoisotopic (exact) mass is 171 g/mol. The molecule has 1 rings (SSSR count). The molecule has 3 N–H and O–H groups in total. The van der Waals surface area contributed by atoms with Crippen LogP contribution in [0.25, 0.3) is 0 Å². The van der Waals surface area contributed by atoms with Gasteiger partial charge in [0, 0.05) is 5.38 Å². The van der Waals surface area contributed by atoms with Gasteiger partial charge in [-0.05, 0) is 6.42 Å². The molecule has 0 bridgehead atoms. The predicted molar refractivity (Wildman–Crippen MR) is 47.1 cm³/mol. The summed E-state index contributed by atoms with van der Waals surface area (Å²) in [5.41, 5.74) is 3.77. The van der Waals surface area contributed by atoms with E-state index in [-0.39, 0.29) is 0 Å². The van der Waals surface area contributed by atoms with Crippen molar-refractivity contribution in [3.8, 4) is 0 Å². The van der Waals surface area contributed by atoms with E-state index in [1.807, 2.05) is 0 Å². The Labute approximate surface area is 70.6 Å². The third-order valence-electron chi connectivity index (χ3n) is 1.36. The highest BCUT2D eigenvalue weighted by molar-refractivity contribution is 7.09. The molecule has 11 heavy (non-hydrogen) atoms. The zero-order chi connectivity index (χ0) is 8.10. The lowest BCUT2D eigenvalue weighted by Crippen LogP contribution is -2.20. The Morgan fingerprint density at radius 1 is 1.73 bits per heavy atom. The van der Waals surface area contributed by atoms with Crippen molar-refractivity contribution < 1.29 is 0 Å². The van der Waals surface area contributed by atoms with E-state index in [0.29, 0.717) is 6.54 Å². The maximum atomic E-state index is 5.16. The van der Waals surface area contributed by atoms with Crippen LogP contribution in [0.3, 0.4) is 0 Å². The lowest BCUT2D eigenvalue weighted by atomic mass is 10.3. The topological polar surface area (TPSA) is 50.9 Å². The van der Waals surface area contributed by atoms with Gasteiger partial charge in [0.05, 0.1) is 12.2 Å². The third kappa shape index (κ3) is 2.57. The summed E-state index contributed by atoms with van der Waals surface area (Å²) in [6, 6.07) is 0. The molecule has 3 nitrogen and oxygen atoms in total. The van der Waals surface area contributed by atoms with Gasteiger partial charge in [-0.25, -0.2) is 4.98 Å². The summed E-state index contributed by atoms with van der Waals surface area (Å²) in [6.07, 6.45) is 2.22. The molecule has 0 fully saturated rings. The van der Waals surface area contributed by atoms with E-state index in [4.69, 9.17) is 5.84 Å². The number of hydrogen-bond acceptors (Lipinski definition) is 4. The third-order valence-corrected chi connectivity index (χ3v) is 2.26. The summed E-state index contributed by atoms with van der Waals surface area (Å²) < 4.78 is 0. The molecule has 0 aromatic carbocycles. The van der Waals surface area contributed by atoms with E-state index < -0.39 is 0 Å². The largest absolute Gasteiger partial charge is 0.271 e. The smallest absolute Gasteiger partial charge is 0.108 e. The Morgan fingerprint density at radius 2 is 2.55 bits per heavy atom. The SMILES string of the molecule is CCCc1csc(CNN)n1. The van der Waals surface area contributed by atoms with Gasteiger partial charge in [0.2, 0.25) is 0 Å². The molecule has 0 aliphatic heterocycles. The number of hydrazine groups is 1. The van der Waals surface area contributed by atoms with Crippen molar-refractivity contribution >= 4 is 11.3 Å². The minimum atomic E-state index is 0.675. The number of nitrogens with two attached hydrogens (primary N) is 1. The van der Waals surface area contributed by atoms with E-state index in [2.05, 4.69) is 22.7 Å². The van der Waals surface area contributed by atoms with Gasteiger partial charge in [0.1, 0.15) is 5.01 Å². The first-order chi connectivity index (χ1) is 5.36. The fraction of sp³-hybridized carbons (Fsp3) is 0.571. The minimum Gasteiger partial charge on any atom is -0.271 e. The first-order valence-corrected chi connectivity index (χ1v) is 4.61. The molecule has 0 radical (unpaired) electrons. The molecule has 1 aromatic heterocycles. The fourth-order valence-electron chi connectivity index (χ4n) is 0.888. The average molecular weight is 171 g/mol. The van der Waals surface area contributed by atoms with E-state index in [1.54, 1.807) is 11.3 Å². The molecule has 62 valence electrons. The van der Waals surface area contributed by atoms with Crippen molar-refractivity contribution in [1.82, 2.24) is 10.4 Å². The van der Waals surface area contributed by atoms with Crippen LogP contribution in [0.5, 0.6) is 0 Å². The number of aryl methyl sites for hydroxylation is 1. The Kier molecular flexibility index (Phi) is 3.48. The van der Waals surface area contributed by atoms with Gasteiger partial charge >= 0.3 is 0 Å². The van der Waals surface area contributed by atoms with Crippen LogP contribution < -0.4 is 11.3 Å². The van der Waals surface area contributed by atoms with Crippen LogP contribution in [0.1, 0.15) is 24.0 Å². The van der Waals surface area contributed by atoms with Crippen molar-refractivity contribution in [1.29, 1.82) is 0 Å². The zero-order valence-electron chi connectivity index (χ0n) is 6.63. The van der Waals surface area contributed by atoms with Crippen LogP contribution in [0, 0.1) is 0 Å². The van der Waals surface area contributed by atoms with Crippen LogP contribution in [-0.4, -0.2) is 4.98 Å². The number of nitrogens with one attached hydrogen (secondary N) is 1. The molecule has 1 aromatic rings. The van der Waals surface area contributed by atoms with Crippen LogP contribution in [-0.2, 0) is 13.0 Å². The van der Waals surface area contributed by atoms with Gasteiger partial charge in [0.15, 0.2) is 0 Å². The van der Waals surface area contributed by atoms with Crippen molar-refractivity contribution in [2.75, 3.05) is 0 Å². The molecular formula is C7H13N3S. The van der Waals surface area contributed by atoms with E-state index >= 15 is 0 Å². The quantitative estimate of drug-likeness (QED) is 0.526. The normalized spacial score (nSPS) is 10.4. The lowest BCUT2D eigenvalue weighted by molar-refractivity contribution is 0.731. The molecule has 0 amide bonds. The molecule has 0 aliphatic carbocycles. The molecule has 1 heterocycles. The first kappa shape index (κ1) is 8.64. The number of thiazole rings is 1. The number of nitrogens with zero attached hydrogens (tertiary/aromatic N) is 1. The number of hydrogen-bond donors (Lipinski definition) is 2. The van der Waals surface area contributed by atoms with Gasteiger partial charge in [-0.3, -0.25) is 11.3 Å². The van der Waals surface area contributed by atoms with Gasteiger partial charge < -0.3 is 0 Å². The second kappa shape index (κ2) is 4.43. The molecule has 0 spiro atoms. The highest BCUT2D eigenvalue weighted by Crippen LogP contribution is 2.10. The number of aromatic nitrogens is 1. The molecule has 4 heteroatoms. The molecule has 0 atom stereocenters. The van der Waals surface area contributed by atoms with Crippen LogP contribution in [0.4, 0.5) is 0 Å². The second-order valence-corrected chi connectivity index (χ2v) is 3.31. The predicted octanol–water partition coefficient (Wildman–Crippen LogP) is 1.06. The Bertz CT molecular complexity index is 189. The molecular weight excluding hydrogens is 158 g/mol. The maximum absolute atomic E-state index is 5.16. The summed E-state index contributed by atoms with van der Waals surface area (Å²) >= 11 is 1.66. The van der Waals surface area contributed by atoms with E-state index in [0.717, 1.165) is 17.8 Å². The Morgan fingerprint density at radius 3 is 3.18 bits per heavy atom. The summed E-state index contributed by atoms with van der Waals surface area (Å²) in [5, 5.41) is 3.16. The zero-order valence-corrected chi connectivity index (χ0v) is 7.45. The Balaban J connectivity index is 2.51.